The van der Waals surface area contributed by atoms with Crippen LogP contribution < -0.4 is 5.32 Å². The molecule has 2 aliphatic rings. The molecule has 1 atom stereocenters. The highest BCUT2D eigenvalue weighted by atomic mass is 16.2. The molecule has 2 rings (SSSR count). The second kappa shape index (κ2) is 5.38. The molecule has 3 nitrogen and oxygen atoms in total. The molecule has 2 saturated carbocycles. The minimum Gasteiger partial charge on any atom is -0.342 e. The zero-order valence-corrected chi connectivity index (χ0v) is 11.4. The van der Waals surface area contributed by atoms with Gasteiger partial charge in [0.15, 0.2) is 0 Å². The number of likely N-dealkylation sites (N-methyl/N-ethyl adjacent to an activating group) is 1. The van der Waals surface area contributed by atoms with Gasteiger partial charge in [0.2, 0.25) is 5.91 Å². The number of nitrogens with zero attached hydrogens (tertiary/aromatic N) is 1. The molecule has 0 spiro atoms. The number of nitrogens with one attached hydrogen (secondary N) is 1. The van der Waals surface area contributed by atoms with E-state index in [0.717, 1.165) is 24.9 Å². The van der Waals surface area contributed by atoms with Crippen LogP contribution in [0.5, 0.6) is 0 Å². The minimum atomic E-state index is -0.0129. The van der Waals surface area contributed by atoms with E-state index in [1.54, 1.807) is 0 Å². The van der Waals surface area contributed by atoms with Gasteiger partial charge in [-0.3, -0.25) is 4.79 Å². The summed E-state index contributed by atoms with van der Waals surface area (Å²) in [6, 6.07) is 0.602. The number of amides is 1. The molecule has 1 unspecified atom stereocenters. The Balaban J connectivity index is 1.85. The molecule has 0 radical (unpaired) electrons. The molecule has 17 heavy (non-hydrogen) atoms. The van der Waals surface area contributed by atoms with Crippen LogP contribution >= 0.6 is 0 Å². The van der Waals surface area contributed by atoms with E-state index in [4.69, 9.17) is 0 Å². The van der Waals surface area contributed by atoms with E-state index in [1.807, 2.05) is 25.7 Å². The normalized spacial score (nSPS) is 21.6. The Hall–Kier alpha value is -0.570. The fourth-order valence-corrected chi connectivity index (χ4v) is 2.74. The summed E-state index contributed by atoms with van der Waals surface area (Å²) in [6.07, 6.45) is 5.45. The maximum Gasteiger partial charge on any atom is 0.239 e. The lowest BCUT2D eigenvalue weighted by molar-refractivity contribution is -0.132. The Labute approximate surface area is 105 Å². The van der Waals surface area contributed by atoms with E-state index in [1.165, 1.54) is 25.7 Å². The van der Waals surface area contributed by atoms with Gasteiger partial charge in [-0.1, -0.05) is 0 Å². The predicted octanol–water partition coefficient (Wildman–Crippen LogP) is 2.02. The van der Waals surface area contributed by atoms with E-state index in [0.29, 0.717) is 6.04 Å². The molecule has 2 fully saturated rings. The maximum atomic E-state index is 12.2. The Morgan fingerprint density at radius 1 is 1.18 bits per heavy atom. The van der Waals surface area contributed by atoms with E-state index in [-0.39, 0.29) is 11.9 Å². The quantitative estimate of drug-likeness (QED) is 0.736. The summed E-state index contributed by atoms with van der Waals surface area (Å²) >= 11 is 0. The van der Waals surface area contributed by atoms with Crippen LogP contribution in [0.2, 0.25) is 0 Å². The van der Waals surface area contributed by atoms with Crippen LogP contribution in [0.4, 0.5) is 0 Å². The van der Waals surface area contributed by atoms with Crippen LogP contribution in [0.25, 0.3) is 0 Å². The van der Waals surface area contributed by atoms with Gasteiger partial charge in [-0.15, -0.1) is 0 Å². The third kappa shape index (κ3) is 3.21. The zero-order valence-electron chi connectivity index (χ0n) is 11.4. The highest BCUT2D eigenvalue weighted by Crippen LogP contribution is 2.44. The molecule has 98 valence electrons. The molecule has 0 aromatic carbocycles. The van der Waals surface area contributed by atoms with Crippen molar-refractivity contribution in [3.63, 3.8) is 0 Å². The summed E-state index contributed by atoms with van der Waals surface area (Å²) in [4.78, 5) is 14.1. The lowest BCUT2D eigenvalue weighted by Gasteiger charge is -2.27. The van der Waals surface area contributed by atoms with Crippen molar-refractivity contribution in [1.29, 1.82) is 0 Å². The van der Waals surface area contributed by atoms with Crippen molar-refractivity contribution in [2.75, 3.05) is 13.1 Å². The first-order valence-electron chi connectivity index (χ1n) is 7.22. The zero-order chi connectivity index (χ0) is 12.4. The standard InChI is InChI=1S/C14H26N2O/c1-4-16(5-2)14(17)10(3)15-13(11-6-7-11)12-8-9-12/h10-13,15H,4-9H2,1-3H3. The predicted molar refractivity (Wildman–Crippen MR) is 69.8 cm³/mol. The summed E-state index contributed by atoms with van der Waals surface area (Å²) in [5, 5.41) is 3.60. The van der Waals surface area contributed by atoms with Gasteiger partial charge in [-0.05, 0) is 58.3 Å². The molecule has 0 aromatic rings. The Morgan fingerprint density at radius 3 is 2.00 bits per heavy atom. The maximum absolute atomic E-state index is 12.2. The second-order valence-electron chi connectivity index (χ2n) is 5.60. The fourth-order valence-electron chi connectivity index (χ4n) is 2.74. The number of carbonyl (C=O) groups excluding carboxylic acids is 1. The van der Waals surface area contributed by atoms with Gasteiger partial charge < -0.3 is 10.2 Å². The van der Waals surface area contributed by atoms with E-state index < -0.39 is 0 Å². The van der Waals surface area contributed by atoms with Crippen LogP contribution in [-0.2, 0) is 4.79 Å². The first-order chi connectivity index (χ1) is 8.17. The number of hydrogen-bond acceptors (Lipinski definition) is 2. The van der Waals surface area contributed by atoms with Crippen molar-refractivity contribution < 1.29 is 4.79 Å². The second-order valence-corrected chi connectivity index (χ2v) is 5.60. The van der Waals surface area contributed by atoms with Gasteiger partial charge in [-0.2, -0.15) is 0 Å². The molecule has 0 aromatic heterocycles. The van der Waals surface area contributed by atoms with Crippen molar-refractivity contribution in [3.8, 4) is 0 Å². The largest absolute Gasteiger partial charge is 0.342 e. The first kappa shape index (κ1) is 12.9. The molecular formula is C14H26N2O. The minimum absolute atomic E-state index is 0.0129. The summed E-state index contributed by atoms with van der Waals surface area (Å²) in [6.45, 7) is 7.76. The Bertz CT molecular complexity index is 255. The van der Waals surface area contributed by atoms with Crippen LogP contribution in [0.3, 0.4) is 0 Å². The average molecular weight is 238 g/mol. The van der Waals surface area contributed by atoms with E-state index >= 15 is 0 Å². The molecule has 0 heterocycles. The number of carbonyl (C=O) groups is 1. The third-order valence-electron chi connectivity index (χ3n) is 4.15. The highest BCUT2D eigenvalue weighted by Gasteiger charge is 2.42. The third-order valence-corrected chi connectivity index (χ3v) is 4.15. The van der Waals surface area contributed by atoms with Gasteiger partial charge in [-0.25, -0.2) is 0 Å². The topological polar surface area (TPSA) is 32.3 Å². The van der Waals surface area contributed by atoms with Crippen LogP contribution in [0, 0.1) is 11.8 Å². The Morgan fingerprint density at radius 2 is 1.65 bits per heavy atom. The molecular weight excluding hydrogens is 212 g/mol. The van der Waals surface area contributed by atoms with Gasteiger partial charge in [0, 0.05) is 19.1 Å². The van der Waals surface area contributed by atoms with Gasteiger partial charge >= 0.3 is 0 Å². The van der Waals surface area contributed by atoms with Crippen LogP contribution in [0.15, 0.2) is 0 Å². The SMILES string of the molecule is CCN(CC)C(=O)C(C)NC(C1CC1)C1CC1. The fraction of sp³-hybridized carbons (Fsp3) is 0.929. The number of rotatable bonds is 7. The molecule has 2 aliphatic carbocycles. The monoisotopic (exact) mass is 238 g/mol. The summed E-state index contributed by atoms with van der Waals surface area (Å²) < 4.78 is 0. The average Bonchev–Trinajstić information content (AvgIpc) is 3.19. The molecule has 0 bridgehead atoms. The molecule has 0 saturated heterocycles. The summed E-state index contributed by atoms with van der Waals surface area (Å²) in [7, 11) is 0. The van der Waals surface area contributed by atoms with Crippen LogP contribution in [-0.4, -0.2) is 36.0 Å². The van der Waals surface area contributed by atoms with Crippen molar-refractivity contribution in [3.05, 3.63) is 0 Å². The smallest absolute Gasteiger partial charge is 0.239 e. The summed E-state index contributed by atoms with van der Waals surface area (Å²) in [5.41, 5.74) is 0. The van der Waals surface area contributed by atoms with Gasteiger partial charge in [0.05, 0.1) is 6.04 Å². The molecule has 3 heteroatoms. The summed E-state index contributed by atoms with van der Waals surface area (Å²) in [5.74, 6) is 1.98. The molecule has 1 amide bonds. The Kier molecular flexibility index (Phi) is 4.08. The van der Waals surface area contributed by atoms with Gasteiger partial charge in [0.25, 0.3) is 0 Å². The number of hydrogen-bond donors (Lipinski definition) is 1. The lowest BCUT2D eigenvalue weighted by atomic mass is 10.1. The molecule has 0 aliphatic heterocycles. The van der Waals surface area contributed by atoms with Crippen molar-refractivity contribution >= 4 is 5.91 Å². The van der Waals surface area contributed by atoms with Crippen molar-refractivity contribution in [2.24, 2.45) is 11.8 Å². The first-order valence-corrected chi connectivity index (χ1v) is 7.22. The van der Waals surface area contributed by atoms with Gasteiger partial charge in [0.1, 0.15) is 0 Å². The lowest BCUT2D eigenvalue weighted by Crippen LogP contribution is -2.49. The van der Waals surface area contributed by atoms with Crippen molar-refractivity contribution in [1.82, 2.24) is 10.2 Å². The van der Waals surface area contributed by atoms with Crippen LogP contribution in [0.1, 0.15) is 46.5 Å². The van der Waals surface area contributed by atoms with Crippen molar-refractivity contribution in [2.45, 2.75) is 58.5 Å². The van der Waals surface area contributed by atoms with E-state index in [2.05, 4.69) is 5.32 Å². The molecule has 1 N–H and O–H groups in total. The van der Waals surface area contributed by atoms with E-state index in [9.17, 15) is 4.79 Å². The highest BCUT2D eigenvalue weighted by molar-refractivity contribution is 5.81.